The van der Waals surface area contributed by atoms with Crippen molar-refractivity contribution in [3.63, 3.8) is 0 Å². The van der Waals surface area contributed by atoms with Crippen molar-refractivity contribution in [2.75, 3.05) is 4.72 Å². The van der Waals surface area contributed by atoms with Crippen LogP contribution in [0.4, 0.5) is 5.13 Å². The van der Waals surface area contributed by atoms with Crippen LogP contribution in [0.15, 0.2) is 0 Å². The van der Waals surface area contributed by atoms with Gasteiger partial charge in [-0.3, -0.25) is 4.72 Å². The Morgan fingerprint density at radius 3 is 2.53 bits per heavy atom. The van der Waals surface area contributed by atoms with Crippen LogP contribution in [-0.2, 0) is 15.6 Å². The molecule has 0 saturated heterocycles. The Balaban J connectivity index is 2.24. The van der Waals surface area contributed by atoms with Crippen LogP contribution in [0.5, 0.6) is 0 Å². The minimum atomic E-state index is -3.33. The van der Waals surface area contributed by atoms with Gasteiger partial charge in [0.1, 0.15) is 15.6 Å². The molecular weight excluding hydrogens is 284 g/mol. The molecule has 0 bridgehead atoms. The molecule has 5 nitrogen and oxygen atoms in total. The Morgan fingerprint density at radius 1 is 1.53 bits per heavy atom. The normalized spacial score (nSPS) is 17.2. The van der Waals surface area contributed by atoms with Gasteiger partial charge in [0, 0.05) is 0 Å². The SMILES string of the molecule is CC(C)(O)c1nc(NS(=O)(=O)C2CC2)sc1Cl. The number of hydrogen-bond acceptors (Lipinski definition) is 5. The zero-order chi connectivity index (χ0) is 12.8. The highest BCUT2D eigenvalue weighted by Crippen LogP contribution is 2.36. The molecule has 1 aliphatic carbocycles. The third kappa shape index (κ3) is 2.90. The molecule has 2 N–H and O–H groups in total. The molecule has 0 radical (unpaired) electrons. The smallest absolute Gasteiger partial charge is 0.237 e. The highest BCUT2D eigenvalue weighted by atomic mass is 35.5. The summed E-state index contributed by atoms with van der Waals surface area (Å²) in [5.74, 6) is 0. The molecule has 0 aromatic carbocycles. The van der Waals surface area contributed by atoms with Crippen molar-refractivity contribution < 1.29 is 13.5 Å². The van der Waals surface area contributed by atoms with Crippen LogP contribution in [-0.4, -0.2) is 23.8 Å². The third-order valence-corrected chi connectivity index (χ3v) is 5.48. The number of sulfonamides is 1. The molecule has 0 amide bonds. The van der Waals surface area contributed by atoms with E-state index in [2.05, 4.69) is 9.71 Å². The van der Waals surface area contributed by atoms with E-state index in [0.29, 0.717) is 17.2 Å². The van der Waals surface area contributed by atoms with Crippen molar-refractivity contribution in [1.29, 1.82) is 0 Å². The van der Waals surface area contributed by atoms with E-state index in [9.17, 15) is 13.5 Å². The maximum atomic E-state index is 11.7. The fraction of sp³-hybridized carbons (Fsp3) is 0.667. The number of hydrogen-bond donors (Lipinski definition) is 2. The second kappa shape index (κ2) is 4.08. The number of aliphatic hydroxyl groups is 1. The maximum absolute atomic E-state index is 11.7. The Labute approximate surface area is 109 Å². The predicted octanol–water partition coefficient (Wildman–Crippen LogP) is 1.93. The van der Waals surface area contributed by atoms with Crippen molar-refractivity contribution in [3.05, 3.63) is 10.0 Å². The molecule has 0 atom stereocenters. The Bertz CT molecular complexity index is 529. The van der Waals surface area contributed by atoms with E-state index >= 15 is 0 Å². The Morgan fingerprint density at radius 2 is 2.12 bits per heavy atom. The molecule has 1 aliphatic rings. The topological polar surface area (TPSA) is 79.3 Å². The zero-order valence-electron chi connectivity index (χ0n) is 9.40. The number of rotatable bonds is 4. The molecule has 17 heavy (non-hydrogen) atoms. The molecule has 8 heteroatoms. The lowest BCUT2D eigenvalue weighted by Gasteiger charge is -2.14. The van der Waals surface area contributed by atoms with Gasteiger partial charge in [-0.2, -0.15) is 0 Å². The molecule has 1 aromatic rings. The van der Waals surface area contributed by atoms with Crippen molar-refractivity contribution in [1.82, 2.24) is 4.98 Å². The van der Waals surface area contributed by atoms with Crippen LogP contribution in [0.3, 0.4) is 0 Å². The van der Waals surface area contributed by atoms with Gasteiger partial charge in [0.25, 0.3) is 0 Å². The van der Waals surface area contributed by atoms with Crippen molar-refractivity contribution >= 4 is 38.1 Å². The molecule has 1 heterocycles. The lowest BCUT2D eigenvalue weighted by Crippen LogP contribution is -2.19. The van der Waals surface area contributed by atoms with E-state index in [4.69, 9.17) is 11.6 Å². The van der Waals surface area contributed by atoms with Gasteiger partial charge in [0.15, 0.2) is 5.13 Å². The van der Waals surface area contributed by atoms with Crippen molar-refractivity contribution in [2.24, 2.45) is 0 Å². The number of halogens is 1. The highest BCUT2D eigenvalue weighted by molar-refractivity contribution is 7.93. The van der Waals surface area contributed by atoms with Crippen LogP contribution in [0.25, 0.3) is 0 Å². The summed E-state index contributed by atoms with van der Waals surface area (Å²) in [5, 5.41) is 9.68. The van der Waals surface area contributed by atoms with Crippen LogP contribution in [0, 0.1) is 0 Å². The summed E-state index contributed by atoms with van der Waals surface area (Å²) in [7, 11) is -3.33. The maximum Gasteiger partial charge on any atom is 0.237 e. The van der Waals surface area contributed by atoms with E-state index in [1.165, 1.54) is 0 Å². The molecule has 2 rings (SSSR count). The second-order valence-corrected chi connectivity index (χ2v) is 8.11. The first kappa shape index (κ1) is 13.1. The Hall–Kier alpha value is -0.370. The lowest BCUT2D eigenvalue weighted by molar-refractivity contribution is 0.0747. The minimum Gasteiger partial charge on any atom is -0.384 e. The summed E-state index contributed by atoms with van der Waals surface area (Å²) in [5.41, 5.74) is -0.894. The van der Waals surface area contributed by atoms with E-state index in [0.717, 1.165) is 11.3 Å². The first-order chi connectivity index (χ1) is 7.70. The average Bonchev–Trinajstić information content (AvgIpc) is 2.90. The number of nitrogens with zero attached hydrogens (tertiary/aromatic N) is 1. The van der Waals surface area contributed by atoms with Crippen molar-refractivity contribution in [2.45, 2.75) is 37.5 Å². The summed E-state index contributed by atoms with van der Waals surface area (Å²) in [6.07, 6.45) is 1.37. The molecule has 1 aromatic heterocycles. The molecule has 1 saturated carbocycles. The first-order valence-corrected chi connectivity index (χ1v) is 7.85. The highest BCUT2D eigenvalue weighted by Gasteiger charge is 2.36. The van der Waals surface area contributed by atoms with Gasteiger partial charge in [-0.05, 0) is 26.7 Å². The summed E-state index contributed by atoms with van der Waals surface area (Å²) in [6.45, 7) is 3.10. The summed E-state index contributed by atoms with van der Waals surface area (Å²) >= 11 is 6.93. The molecule has 0 spiro atoms. The van der Waals surface area contributed by atoms with E-state index < -0.39 is 15.6 Å². The summed E-state index contributed by atoms with van der Waals surface area (Å²) < 4.78 is 26.1. The number of thiazole rings is 1. The van der Waals surface area contributed by atoms with Crippen LogP contribution < -0.4 is 4.72 Å². The van der Waals surface area contributed by atoms with Gasteiger partial charge < -0.3 is 5.11 Å². The van der Waals surface area contributed by atoms with Gasteiger partial charge in [-0.1, -0.05) is 22.9 Å². The standard InChI is InChI=1S/C9H13ClN2O3S2/c1-9(2,13)6-7(10)16-8(11-6)12-17(14,15)5-3-4-5/h5,13H,3-4H2,1-2H3,(H,11,12). The van der Waals surface area contributed by atoms with Crippen LogP contribution >= 0.6 is 22.9 Å². The zero-order valence-corrected chi connectivity index (χ0v) is 11.8. The largest absolute Gasteiger partial charge is 0.384 e. The second-order valence-electron chi connectivity index (χ2n) is 4.55. The first-order valence-electron chi connectivity index (χ1n) is 5.11. The fourth-order valence-corrected chi connectivity index (χ4v) is 4.22. The lowest BCUT2D eigenvalue weighted by atomic mass is 10.1. The third-order valence-electron chi connectivity index (χ3n) is 2.36. The van der Waals surface area contributed by atoms with E-state index in [-0.39, 0.29) is 16.1 Å². The molecule has 0 unspecified atom stereocenters. The van der Waals surface area contributed by atoms with E-state index in [1.54, 1.807) is 13.8 Å². The quantitative estimate of drug-likeness (QED) is 0.890. The predicted molar refractivity (Wildman–Crippen MR) is 67.9 cm³/mol. The van der Waals surface area contributed by atoms with Gasteiger partial charge in [-0.15, -0.1) is 0 Å². The van der Waals surface area contributed by atoms with Crippen LogP contribution in [0.1, 0.15) is 32.4 Å². The van der Waals surface area contributed by atoms with Crippen molar-refractivity contribution in [3.8, 4) is 0 Å². The number of aromatic nitrogens is 1. The summed E-state index contributed by atoms with van der Waals surface area (Å²) in [4.78, 5) is 4.02. The average molecular weight is 297 g/mol. The van der Waals surface area contributed by atoms with E-state index in [1.807, 2.05) is 0 Å². The Kier molecular flexibility index (Phi) is 3.14. The molecule has 96 valence electrons. The monoisotopic (exact) mass is 296 g/mol. The van der Waals surface area contributed by atoms with Gasteiger partial charge in [-0.25, -0.2) is 13.4 Å². The molecular formula is C9H13ClN2O3S2. The van der Waals surface area contributed by atoms with Gasteiger partial charge in [0.2, 0.25) is 10.0 Å². The number of anilines is 1. The minimum absolute atomic E-state index is 0.207. The van der Waals surface area contributed by atoms with Gasteiger partial charge in [0.05, 0.1) is 5.25 Å². The van der Waals surface area contributed by atoms with Gasteiger partial charge >= 0.3 is 0 Å². The summed E-state index contributed by atoms with van der Waals surface area (Å²) in [6, 6.07) is 0. The molecule has 1 fully saturated rings. The number of nitrogens with one attached hydrogen (secondary N) is 1. The fourth-order valence-electron chi connectivity index (χ4n) is 1.31. The van der Waals surface area contributed by atoms with Crippen LogP contribution in [0.2, 0.25) is 4.34 Å². The molecule has 0 aliphatic heterocycles.